The van der Waals surface area contributed by atoms with Crippen molar-refractivity contribution in [1.29, 1.82) is 0 Å². The Morgan fingerprint density at radius 2 is 1.63 bits per heavy atom. The molecule has 0 aliphatic carbocycles. The minimum absolute atomic E-state index is 0.111. The van der Waals surface area contributed by atoms with Gasteiger partial charge in [0, 0.05) is 4.47 Å². The summed E-state index contributed by atoms with van der Waals surface area (Å²) in [4.78, 5) is 12.6. The Hall–Kier alpha value is -2.97. The Balaban J connectivity index is 1.83. The highest BCUT2D eigenvalue weighted by Crippen LogP contribution is 2.26. The van der Waals surface area contributed by atoms with Gasteiger partial charge in [-0.05, 0) is 48.4 Å². The molecule has 6 nitrogen and oxygen atoms in total. The summed E-state index contributed by atoms with van der Waals surface area (Å²) >= 11 is 3.35. The molecule has 0 atom stereocenters. The summed E-state index contributed by atoms with van der Waals surface area (Å²) in [5.41, 5.74) is 4.38. The Morgan fingerprint density at radius 3 is 2.30 bits per heavy atom. The van der Waals surface area contributed by atoms with Crippen molar-refractivity contribution in [3.8, 4) is 0 Å². The lowest BCUT2D eigenvalue weighted by atomic mass is 10.2. The highest BCUT2D eigenvalue weighted by molar-refractivity contribution is 9.10. The van der Waals surface area contributed by atoms with Crippen LogP contribution in [0.4, 0.5) is 5.69 Å². The second kappa shape index (κ2) is 9.69. The maximum absolute atomic E-state index is 13.3. The molecule has 1 amide bonds. The van der Waals surface area contributed by atoms with Gasteiger partial charge in [-0.2, -0.15) is 5.10 Å². The average Bonchev–Trinajstić information content (AvgIpc) is 2.75. The number of benzene rings is 3. The number of carbonyl (C=O) groups is 1. The van der Waals surface area contributed by atoms with E-state index in [1.54, 1.807) is 43.3 Å². The minimum Gasteiger partial charge on any atom is -0.271 e. The van der Waals surface area contributed by atoms with Gasteiger partial charge in [0.05, 0.1) is 16.8 Å². The monoisotopic (exact) mass is 485 g/mol. The van der Waals surface area contributed by atoms with E-state index in [0.717, 1.165) is 19.9 Å². The first kappa shape index (κ1) is 21.7. The number of nitrogens with zero attached hydrogens (tertiary/aromatic N) is 2. The predicted molar refractivity (Wildman–Crippen MR) is 122 cm³/mol. The predicted octanol–water partition coefficient (Wildman–Crippen LogP) is 4.10. The normalized spacial score (nSPS) is 11.4. The van der Waals surface area contributed by atoms with Crippen LogP contribution in [-0.2, 0) is 14.8 Å². The van der Waals surface area contributed by atoms with Gasteiger partial charge in [0.25, 0.3) is 15.9 Å². The van der Waals surface area contributed by atoms with Crippen molar-refractivity contribution in [3.63, 3.8) is 0 Å². The molecule has 1 N–H and O–H groups in total. The molecule has 0 heterocycles. The molecule has 154 valence electrons. The van der Waals surface area contributed by atoms with Crippen molar-refractivity contribution >= 4 is 43.8 Å². The third kappa shape index (κ3) is 5.34. The number of anilines is 1. The molecular weight excluding hydrogens is 466 g/mol. The van der Waals surface area contributed by atoms with Crippen LogP contribution < -0.4 is 9.73 Å². The van der Waals surface area contributed by atoms with E-state index in [1.807, 2.05) is 30.3 Å². The first-order valence-corrected chi connectivity index (χ1v) is 11.3. The van der Waals surface area contributed by atoms with Crippen LogP contribution in [0, 0.1) is 6.92 Å². The van der Waals surface area contributed by atoms with Crippen molar-refractivity contribution in [2.45, 2.75) is 11.8 Å². The fourth-order valence-corrected chi connectivity index (χ4v) is 4.53. The van der Waals surface area contributed by atoms with Crippen molar-refractivity contribution in [1.82, 2.24) is 5.43 Å². The number of sulfonamides is 1. The van der Waals surface area contributed by atoms with Crippen molar-refractivity contribution in [3.05, 3.63) is 94.5 Å². The van der Waals surface area contributed by atoms with Crippen molar-refractivity contribution in [2.75, 3.05) is 10.8 Å². The molecule has 0 saturated carbocycles. The van der Waals surface area contributed by atoms with Gasteiger partial charge in [-0.15, -0.1) is 0 Å². The average molecular weight is 486 g/mol. The number of nitrogens with one attached hydrogen (secondary N) is 1. The van der Waals surface area contributed by atoms with E-state index < -0.39 is 22.5 Å². The molecule has 0 aliphatic heterocycles. The molecule has 8 heteroatoms. The maximum atomic E-state index is 13.3. The summed E-state index contributed by atoms with van der Waals surface area (Å²) < 4.78 is 28.5. The van der Waals surface area contributed by atoms with Crippen LogP contribution in [0.15, 0.2) is 93.3 Å². The minimum atomic E-state index is -3.94. The van der Waals surface area contributed by atoms with E-state index in [9.17, 15) is 13.2 Å². The van der Waals surface area contributed by atoms with E-state index in [4.69, 9.17) is 0 Å². The smallest absolute Gasteiger partial charge is 0.264 e. The number of carbonyl (C=O) groups excluding carboxylic acids is 1. The summed E-state index contributed by atoms with van der Waals surface area (Å²) in [6.45, 7) is 1.40. The van der Waals surface area contributed by atoms with Crippen LogP contribution in [0.1, 0.15) is 11.1 Å². The topological polar surface area (TPSA) is 78.8 Å². The first-order valence-electron chi connectivity index (χ1n) is 9.09. The standard InChI is InChI=1S/C22H20BrN3O3S/c1-17-7-5-6-10-21(17)26(30(28,29)20-8-3-2-4-9-20)16-22(27)25-24-15-18-11-13-19(23)14-12-18/h2-15H,16H2,1H3,(H,25,27)/b24-15+. The number of hydrogen-bond donors (Lipinski definition) is 1. The molecule has 0 unspecified atom stereocenters. The number of aryl methyl sites for hydroxylation is 1. The second-order valence-corrected chi connectivity index (χ2v) is 9.23. The Kier molecular flexibility index (Phi) is 7.02. The summed E-state index contributed by atoms with van der Waals surface area (Å²) in [7, 11) is -3.94. The van der Waals surface area contributed by atoms with Gasteiger partial charge in [-0.1, -0.05) is 64.5 Å². The van der Waals surface area contributed by atoms with Gasteiger partial charge < -0.3 is 0 Å². The largest absolute Gasteiger partial charge is 0.271 e. The van der Waals surface area contributed by atoms with Gasteiger partial charge in [0.1, 0.15) is 6.54 Å². The zero-order chi connectivity index (χ0) is 21.6. The fourth-order valence-electron chi connectivity index (χ4n) is 2.76. The van der Waals surface area contributed by atoms with Crippen LogP contribution in [0.25, 0.3) is 0 Å². The molecule has 0 aliphatic rings. The molecule has 0 aromatic heterocycles. The van der Waals surface area contributed by atoms with E-state index in [0.29, 0.717) is 5.69 Å². The highest BCUT2D eigenvalue weighted by Gasteiger charge is 2.27. The van der Waals surface area contributed by atoms with E-state index in [1.165, 1.54) is 18.3 Å². The van der Waals surface area contributed by atoms with Crippen LogP contribution in [0.2, 0.25) is 0 Å². The van der Waals surface area contributed by atoms with Gasteiger partial charge in [0.2, 0.25) is 0 Å². The Labute approximate surface area is 184 Å². The Morgan fingerprint density at radius 1 is 1.00 bits per heavy atom. The summed E-state index contributed by atoms with van der Waals surface area (Å²) in [5.74, 6) is -0.550. The molecule has 0 fully saturated rings. The summed E-state index contributed by atoms with van der Waals surface area (Å²) in [6, 6.07) is 22.4. The quantitative estimate of drug-likeness (QED) is 0.404. The number of amides is 1. The number of halogens is 1. The molecule has 3 aromatic rings. The molecule has 30 heavy (non-hydrogen) atoms. The zero-order valence-corrected chi connectivity index (χ0v) is 18.6. The number of para-hydroxylation sites is 1. The number of hydrogen-bond acceptors (Lipinski definition) is 4. The van der Waals surface area contributed by atoms with Crippen LogP contribution >= 0.6 is 15.9 Å². The molecule has 0 radical (unpaired) electrons. The van der Waals surface area contributed by atoms with Gasteiger partial charge >= 0.3 is 0 Å². The molecule has 0 spiro atoms. The van der Waals surface area contributed by atoms with E-state index >= 15 is 0 Å². The van der Waals surface area contributed by atoms with Crippen LogP contribution in [0.5, 0.6) is 0 Å². The number of rotatable bonds is 7. The zero-order valence-electron chi connectivity index (χ0n) is 16.2. The lowest BCUT2D eigenvalue weighted by Crippen LogP contribution is -2.40. The van der Waals surface area contributed by atoms with Crippen LogP contribution in [0.3, 0.4) is 0 Å². The van der Waals surface area contributed by atoms with E-state index in [-0.39, 0.29) is 4.90 Å². The lowest BCUT2D eigenvalue weighted by Gasteiger charge is -2.25. The number of hydrazone groups is 1. The van der Waals surface area contributed by atoms with Gasteiger partial charge in [-0.3, -0.25) is 9.10 Å². The third-order valence-corrected chi connectivity index (χ3v) is 6.58. The maximum Gasteiger partial charge on any atom is 0.264 e. The fraction of sp³-hybridized carbons (Fsp3) is 0.0909. The third-order valence-electron chi connectivity index (χ3n) is 4.28. The summed E-state index contributed by atoms with van der Waals surface area (Å²) in [6.07, 6.45) is 1.49. The molecule has 3 aromatic carbocycles. The SMILES string of the molecule is Cc1ccccc1N(CC(=O)N/N=C/c1ccc(Br)cc1)S(=O)(=O)c1ccccc1. The lowest BCUT2D eigenvalue weighted by molar-refractivity contribution is -0.119. The highest BCUT2D eigenvalue weighted by atomic mass is 79.9. The first-order chi connectivity index (χ1) is 14.4. The van der Waals surface area contributed by atoms with Crippen molar-refractivity contribution in [2.24, 2.45) is 5.10 Å². The molecular formula is C22H20BrN3O3S. The Bertz CT molecular complexity index is 1150. The summed E-state index contributed by atoms with van der Waals surface area (Å²) in [5, 5.41) is 3.93. The van der Waals surface area contributed by atoms with Gasteiger partial charge in [-0.25, -0.2) is 13.8 Å². The van der Waals surface area contributed by atoms with Gasteiger partial charge in [0.15, 0.2) is 0 Å². The van der Waals surface area contributed by atoms with Crippen molar-refractivity contribution < 1.29 is 13.2 Å². The molecule has 0 saturated heterocycles. The van der Waals surface area contributed by atoms with E-state index in [2.05, 4.69) is 26.5 Å². The van der Waals surface area contributed by atoms with Crippen LogP contribution in [-0.4, -0.2) is 27.1 Å². The molecule has 0 bridgehead atoms. The molecule has 3 rings (SSSR count). The second-order valence-electron chi connectivity index (χ2n) is 6.46.